The monoisotopic (exact) mass is 360 g/mol. The number of nitrogens with one attached hydrogen (secondary N) is 2. The molecular formula is C18H20N2O6. The maximum Gasteiger partial charge on any atom is 0.319 e. The van der Waals surface area contributed by atoms with Gasteiger partial charge in [0.05, 0.1) is 20.8 Å². The molecule has 0 aromatic heterocycles. The summed E-state index contributed by atoms with van der Waals surface area (Å²) in [6, 6.07) is 10.2. The zero-order valence-electron chi connectivity index (χ0n) is 14.5. The maximum absolute atomic E-state index is 12.0. The van der Waals surface area contributed by atoms with Crippen molar-refractivity contribution in [3.05, 3.63) is 36.4 Å². The molecule has 26 heavy (non-hydrogen) atoms. The van der Waals surface area contributed by atoms with E-state index in [0.717, 1.165) is 0 Å². The van der Waals surface area contributed by atoms with E-state index in [2.05, 4.69) is 10.6 Å². The van der Waals surface area contributed by atoms with Crippen LogP contribution in [0.25, 0.3) is 0 Å². The highest BCUT2D eigenvalue weighted by Crippen LogP contribution is 2.36. The van der Waals surface area contributed by atoms with Crippen LogP contribution in [0.1, 0.15) is 0 Å². The predicted molar refractivity (Wildman–Crippen MR) is 94.6 cm³/mol. The SMILES string of the molecule is COc1cccc(OCCNC(=O)Nc2ccc3c(c2)OCO3)c1OC. The molecule has 1 heterocycles. The second-order valence-electron chi connectivity index (χ2n) is 5.29. The van der Waals surface area contributed by atoms with Crippen molar-refractivity contribution < 1.29 is 28.5 Å². The van der Waals surface area contributed by atoms with Crippen molar-refractivity contribution in [2.75, 3.05) is 39.5 Å². The highest BCUT2D eigenvalue weighted by Gasteiger charge is 2.14. The van der Waals surface area contributed by atoms with E-state index in [4.69, 9.17) is 23.7 Å². The fourth-order valence-electron chi connectivity index (χ4n) is 2.45. The van der Waals surface area contributed by atoms with Gasteiger partial charge in [-0.15, -0.1) is 0 Å². The van der Waals surface area contributed by atoms with Gasteiger partial charge in [0, 0.05) is 11.8 Å². The Balaban J connectivity index is 1.46. The smallest absolute Gasteiger partial charge is 0.319 e. The summed E-state index contributed by atoms with van der Waals surface area (Å²) in [6.07, 6.45) is 0. The summed E-state index contributed by atoms with van der Waals surface area (Å²) in [6.45, 7) is 0.783. The quantitative estimate of drug-likeness (QED) is 0.738. The lowest BCUT2D eigenvalue weighted by molar-refractivity contribution is 0.174. The number of urea groups is 1. The summed E-state index contributed by atoms with van der Waals surface area (Å²) in [7, 11) is 3.10. The predicted octanol–water partition coefficient (Wildman–Crippen LogP) is 2.63. The van der Waals surface area contributed by atoms with Gasteiger partial charge >= 0.3 is 6.03 Å². The summed E-state index contributed by atoms with van der Waals surface area (Å²) in [5.41, 5.74) is 0.613. The number of benzene rings is 2. The van der Waals surface area contributed by atoms with Crippen molar-refractivity contribution in [1.29, 1.82) is 0 Å². The molecule has 1 aliphatic rings. The first-order valence-corrected chi connectivity index (χ1v) is 7.99. The number of hydrogen-bond donors (Lipinski definition) is 2. The number of fused-ring (bicyclic) bond motifs is 1. The highest BCUT2D eigenvalue weighted by molar-refractivity contribution is 5.89. The number of carbonyl (C=O) groups is 1. The van der Waals surface area contributed by atoms with Gasteiger partial charge in [-0.25, -0.2) is 4.79 Å². The van der Waals surface area contributed by atoms with Gasteiger partial charge in [0.15, 0.2) is 23.0 Å². The van der Waals surface area contributed by atoms with Gasteiger partial charge in [0.2, 0.25) is 12.5 Å². The highest BCUT2D eigenvalue weighted by atomic mass is 16.7. The summed E-state index contributed by atoms with van der Waals surface area (Å²) < 4.78 is 26.7. The van der Waals surface area contributed by atoms with Gasteiger partial charge in [-0.1, -0.05) is 6.07 Å². The van der Waals surface area contributed by atoms with E-state index in [0.29, 0.717) is 41.0 Å². The second-order valence-corrected chi connectivity index (χ2v) is 5.29. The number of hydrogen-bond acceptors (Lipinski definition) is 6. The molecule has 2 N–H and O–H groups in total. The van der Waals surface area contributed by atoms with Gasteiger partial charge in [-0.2, -0.15) is 0 Å². The van der Waals surface area contributed by atoms with Crippen LogP contribution in [-0.2, 0) is 0 Å². The average molecular weight is 360 g/mol. The Kier molecular flexibility index (Phi) is 5.52. The lowest BCUT2D eigenvalue weighted by atomic mass is 10.3. The van der Waals surface area contributed by atoms with E-state index in [1.54, 1.807) is 50.6 Å². The molecule has 0 saturated heterocycles. The third kappa shape index (κ3) is 4.02. The lowest BCUT2D eigenvalue weighted by Gasteiger charge is -2.14. The fraction of sp³-hybridized carbons (Fsp3) is 0.278. The first kappa shape index (κ1) is 17.5. The number of ether oxygens (including phenoxy) is 5. The molecular weight excluding hydrogens is 340 g/mol. The largest absolute Gasteiger partial charge is 0.493 e. The molecule has 0 atom stereocenters. The first-order valence-electron chi connectivity index (χ1n) is 7.99. The van der Waals surface area contributed by atoms with Crippen LogP contribution in [0.5, 0.6) is 28.7 Å². The zero-order valence-corrected chi connectivity index (χ0v) is 14.5. The van der Waals surface area contributed by atoms with E-state index < -0.39 is 0 Å². The van der Waals surface area contributed by atoms with Crippen LogP contribution in [0.15, 0.2) is 36.4 Å². The number of rotatable bonds is 7. The van der Waals surface area contributed by atoms with Crippen LogP contribution in [-0.4, -0.2) is 40.2 Å². The van der Waals surface area contributed by atoms with Crippen molar-refractivity contribution in [1.82, 2.24) is 5.32 Å². The summed E-state index contributed by atoms with van der Waals surface area (Å²) in [5, 5.41) is 5.44. The fourth-order valence-corrected chi connectivity index (χ4v) is 2.45. The Hall–Kier alpha value is -3.29. The van der Waals surface area contributed by atoms with E-state index in [9.17, 15) is 4.79 Å². The Bertz CT molecular complexity index is 780. The number of para-hydroxylation sites is 1. The summed E-state index contributed by atoms with van der Waals surface area (Å²) in [4.78, 5) is 12.0. The van der Waals surface area contributed by atoms with Crippen LogP contribution in [0.3, 0.4) is 0 Å². The van der Waals surface area contributed by atoms with Gasteiger partial charge in [-0.05, 0) is 24.3 Å². The number of methoxy groups -OCH3 is 2. The molecule has 0 spiro atoms. The molecule has 0 aliphatic carbocycles. The summed E-state index contributed by atoms with van der Waals surface area (Å²) in [5.74, 6) is 2.91. The molecule has 2 amide bonds. The minimum Gasteiger partial charge on any atom is -0.493 e. The molecule has 2 aromatic rings. The second kappa shape index (κ2) is 8.19. The molecule has 0 unspecified atom stereocenters. The van der Waals surface area contributed by atoms with Crippen LogP contribution >= 0.6 is 0 Å². The number of amides is 2. The van der Waals surface area contributed by atoms with Crippen molar-refractivity contribution in [3.63, 3.8) is 0 Å². The van der Waals surface area contributed by atoms with Crippen LogP contribution in [0, 0.1) is 0 Å². The Morgan fingerprint density at radius 3 is 2.69 bits per heavy atom. The van der Waals surface area contributed by atoms with E-state index in [-0.39, 0.29) is 19.4 Å². The molecule has 0 bridgehead atoms. The van der Waals surface area contributed by atoms with Gasteiger partial charge in [0.25, 0.3) is 0 Å². The maximum atomic E-state index is 12.0. The number of anilines is 1. The molecule has 1 aliphatic heterocycles. The third-order valence-electron chi connectivity index (χ3n) is 3.64. The van der Waals surface area contributed by atoms with E-state index >= 15 is 0 Å². The Morgan fingerprint density at radius 2 is 1.88 bits per heavy atom. The minimum atomic E-state index is -0.343. The Labute approximate surface area is 151 Å². The van der Waals surface area contributed by atoms with E-state index in [1.165, 1.54) is 0 Å². The van der Waals surface area contributed by atoms with Crippen LogP contribution in [0.2, 0.25) is 0 Å². The lowest BCUT2D eigenvalue weighted by Crippen LogP contribution is -2.32. The molecule has 2 aromatic carbocycles. The minimum absolute atomic E-state index is 0.191. The Morgan fingerprint density at radius 1 is 1.08 bits per heavy atom. The molecule has 0 fully saturated rings. The first-order chi connectivity index (χ1) is 12.7. The molecule has 0 radical (unpaired) electrons. The van der Waals surface area contributed by atoms with Crippen molar-refractivity contribution in [2.45, 2.75) is 0 Å². The standard InChI is InChI=1S/C18H20N2O6/c1-22-14-4-3-5-15(17(14)23-2)24-9-8-19-18(21)20-12-6-7-13-16(10-12)26-11-25-13/h3-7,10H,8-9,11H2,1-2H3,(H2,19,20,21). The van der Waals surface area contributed by atoms with Gasteiger partial charge < -0.3 is 34.3 Å². The third-order valence-corrected chi connectivity index (χ3v) is 3.64. The van der Waals surface area contributed by atoms with E-state index in [1.807, 2.05) is 0 Å². The topological polar surface area (TPSA) is 87.3 Å². The average Bonchev–Trinajstić information content (AvgIpc) is 3.12. The van der Waals surface area contributed by atoms with Crippen molar-refractivity contribution in [2.24, 2.45) is 0 Å². The van der Waals surface area contributed by atoms with Crippen LogP contribution in [0.4, 0.5) is 10.5 Å². The molecule has 8 nitrogen and oxygen atoms in total. The normalized spacial score (nSPS) is 11.6. The van der Waals surface area contributed by atoms with Gasteiger partial charge in [-0.3, -0.25) is 0 Å². The zero-order chi connectivity index (χ0) is 18.4. The summed E-state index contributed by atoms with van der Waals surface area (Å²) >= 11 is 0. The molecule has 3 rings (SSSR count). The molecule has 138 valence electrons. The van der Waals surface area contributed by atoms with Crippen LogP contribution < -0.4 is 34.3 Å². The number of carbonyl (C=O) groups excluding carboxylic acids is 1. The molecule has 8 heteroatoms. The van der Waals surface area contributed by atoms with Crippen molar-refractivity contribution >= 4 is 11.7 Å². The van der Waals surface area contributed by atoms with Crippen molar-refractivity contribution in [3.8, 4) is 28.7 Å². The molecule has 0 saturated carbocycles. The van der Waals surface area contributed by atoms with Gasteiger partial charge in [0.1, 0.15) is 6.61 Å².